The Kier molecular flexibility index (Phi) is 3.46. The van der Waals surface area contributed by atoms with Gasteiger partial charge in [-0.3, -0.25) is 9.78 Å². The lowest BCUT2D eigenvalue weighted by atomic mass is 10.0. The van der Waals surface area contributed by atoms with Crippen LogP contribution in [0.2, 0.25) is 0 Å². The second-order valence-corrected chi connectivity index (χ2v) is 4.80. The number of ketones is 1. The van der Waals surface area contributed by atoms with E-state index < -0.39 is 5.82 Å². The molecule has 0 atom stereocenters. The van der Waals surface area contributed by atoms with Gasteiger partial charge in [0.1, 0.15) is 5.69 Å². The fourth-order valence-electron chi connectivity index (χ4n) is 2.37. The molecule has 1 aromatic carbocycles. The van der Waals surface area contributed by atoms with Crippen LogP contribution in [0.25, 0.3) is 0 Å². The fourth-order valence-corrected chi connectivity index (χ4v) is 2.37. The molecule has 0 saturated carbocycles. The average Bonchev–Trinajstić information content (AvgIpc) is 2.73. The summed E-state index contributed by atoms with van der Waals surface area (Å²) in [4.78, 5) is 16.3. The lowest BCUT2D eigenvalue weighted by Gasteiger charge is -2.10. The summed E-state index contributed by atoms with van der Waals surface area (Å²) in [7, 11) is 0. The van der Waals surface area contributed by atoms with Gasteiger partial charge in [0.05, 0.1) is 6.61 Å². The quantitative estimate of drug-likeness (QED) is 0.787. The van der Waals surface area contributed by atoms with Crippen molar-refractivity contribution in [3.05, 3.63) is 59.2 Å². The molecule has 0 radical (unpaired) electrons. The summed E-state index contributed by atoms with van der Waals surface area (Å²) in [5, 5.41) is 0. The number of carbonyl (C=O) groups is 1. The molecule has 20 heavy (non-hydrogen) atoms. The zero-order chi connectivity index (χ0) is 13.9. The third kappa shape index (κ3) is 2.41. The minimum absolute atomic E-state index is 0.267. The van der Waals surface area contributed by atoms with Gasteiger partial charge in [0.25, 0.3) is 0 Å². The van der Waals surface area contributed by atoms with Gasteiger partial charge in [0.15, 0.2) is 11.6 Å². The normalized spacial score (nSPS) is 14.1. The summed E-state index contributed by atoms with van der Waals surface area (Å²) in [6.07, 6.45) is 4.12. The van der Waals surface area contributed by atoms with Crippen molar-refractivity contribution in [2.24, 2.45) is 0 Å². The Morgan fingerprint density at radius 1 is 1.25 bits per heavy atom. The van der Waals surface area contributed by atoms with E-state index in [1.54, 1.807) is 30.5 Å². The predicted molar refractivity (Wildman–Crippen MR) is 72.5 cm³/mol. The van der Waals surface area contributed by atoms with E-state index >= 15 is 0 Å². The first kappa shape index (κ1) is 12.8. The van der Waals surface area contributed by atoms with Gasteiger partial charge >= 0.3 is 0 Å². The van der Waals surface area contributed by atoms with Crippen molar-refractivity contribution in [2.75, 3.05) is 6.61 Å². The molecule has 0 N–H and O–H groups in total. The zero-order valence-corrected chi connectivity index (χ0v) is 10.9. The maximum atomic E-state index is 14.1. The number of carbonyl (C=O) groups excluding carboxylic acids is 1. The Morgan fingerprint density at radius 3 is 2.95 bits per heavy atom. The molecule has 1 aliphatic heterocycles. The van der Waals surface area contributed by atoms with Crippen molar-refractivity contribution in [3.8, 4) is 5.75 Å². The van der Waals surface area contributed by atoms with Gasteiger partial charge in [-0.05, 0) is 49.1 Å². The smallest absolute Gasteiger partial charge is 0.211 e. The van der Waals surface area contributed by atoms with Crippen LogP contribution in [0.15, 0.2) is 36.5 Å². The summed E-state index contributed by atoms with van der Waals surface area (Å²) < 4.78 is 19.5. The van der Waals surface area contributed by atoms with Gasteiger partial charge in [-0.1, -0.05) is 6.07 Å². The lowest BCUT2D eigenvalue weighted by molar-refractivity contribution is 0.103. The van der Waals surface area contributed by atoms with Crippen LogP contribution in [0, 0.1) is 5.82 Å². The molecule has 0 saturated heterocycles. The number of aromatic nitrogens is 1. The molecule has 2 heterocycles. The van der Waals surface area contributed by atoms with Gasteiger partial charge < -0.3 is 4.74 Å². The van der Waals surface area contributed by atoms with Crippen LogP contribution in [0.5, 0.6) is 5.75 Å². The Morgan fingerprint density at radius 2 is 2.15 bits per heavy atom. The topological polar surface area (TPSA) is 39.2 Å². The molecule has 1 aliphatic rings. The highest BCUT2D eigenvalue weighted by atomic mass is 19.1. The highest BCUT2D eigenvalue weighted by Gasteiger charge is 2.19. The number of fused-ring (bicyclic) bond motifs is 1. The highest BCUT2D eigenvalue weighted by molar-refractivity contribution is 6.07. The summed E-state index contributed by atoms with van der Waals surface area (Å²) in [5.41, 5.74) is 1.41. The fraction of sp³-hybridized carbons (Fsp3) is 0.250. The molecule has 2 aromatic rings. The summed E-state index contributed by atoms with van der Waals surface area (Å²) >= 11 is 0. The Bertz CT molecular complexity index is 640. The second-order valence-electron chi connectivity index (χ2n) is 4.80. The van der Waals surface area contributed by atoms with E-state index in [1.807, 2.05) is 0 Å². The first-order chi connectivity index (χ1) is 9.75. The predicted octanol–water partition coefficient (Wildman–Crippen LogP) is 3.17. The number of benzene rings is 1. The van der Waals surface area contributed by atoms with E-state index in [0.29, 0.717) is 23.6 Å². The third-order valence-electron chi connectivity index (χ3n) is 3.37. The van der Waals surface area contributed by atoms with Crippen molar-refractivity contribution in [3.63, 3.8) is 0 Å². The minimum Gasteiger partial charge on any atom is -0.490 e. The average molecular weight is 271 g/mol. The molecule has 3 rings (SSSR count). The van der Waals surface area contributed by atoms with Crippen molar-refractivity contribution in [1.82, 2.24) is 4.98 Å². The van der Waals surface area contributed by atoms with E-state index in [1.165, 1.54) is 6.07 Å². The van der Waals surface area contributed by atoms with Crippen LogP contribution < -0.4 is 4.74 Å². The molecule has 0 unspecified atom stereocenters. The molecular weight excluding hydrogens is 257 g/mol. The van der Waals surface area contributed by atoms with Crippen molar-refractivity contribution in [1.29, 1.82) is 0 Å². The molecule has 102 valence electrons. The van der Waals surface area contributed by atoms with E-state index in [0.717, 1.165) is 24.8 Å². The molecule has 0 fully saturated rings. The molecule has 0 amide bonds. The van der Waals surface area contributed by atoms with E-state index in [9.17, 15) is 9.18 Å². The van der Waals surface area contributed by atoms with Crippen molar-refractivity contribution < 1.29 is 13.9 Å². The summed E-state index contributed by atoms with van der Waals surface area (Å²) in [5.74, 6) is -0.444. The standard InChI is InChI=1S/C16H14FNO2/c17-13-10-12(15(19)14-6-1-3-7-18-14)9-11-5-2-4-8-20-16(11)13/h1,3,6-7,9-10H,2,4-5,8H2. The van der Waals surface area contributed by atoms with Gasteiger partial charge in [-0.2, -0.15) is 0 Å². The number of ether oxygens (including phenoxy) is 1. The maximum Gasteiger partial charge on any atom is 0.211 e. The Labute approximate surface area is 116 Å². The van der Waals surface area contributed by atoms with Crippen LogP contribution in [0.1, 0.15) is 34.5 Å². The van der Waals surface area contributed by atoms with Crippen LogP contribution in [-0.4, -0.2) is 17.4 Å². The van der Waals surface area contributed by atoms with Gasteiger partial charge in [-0.25, -0.2) is 4.39 Å². The number of rotatable bonds is 2. The molecule has 0 bridgehead atoms. The first-order valence-corrected chi connectivity index (χ1v) is 6.66. The Balaban J connectivity index is 2.01. The van der Waals surface area contributed by atoms with E-state index in [2.05, 4.69) is 4.98 Å². The highest BCUT2D eigenvalue weighted by Crippen LogP contribution is 2.29. The Hall–Kier alpha value is -2.23. The second kappa shape index (κ2) is 5.41. The van der Waals surface area contributed by atoms with Crippen LogP contribution >= 0.6 is 0 Å². The first-order valence-electron chi connectivity index (χ1n) is 6.66. The SMILES string of the molecule is O=C(c1cc(F)c2c(c1)CCCCO2)c1ccccn1. The molecular formula is C16H14FNO2. The molecule has 4 heteroatoms. The van der Waals surface area contributed by atoms with Crippen LogP contribution in [0.4, 0.5) is 4.39 Å². The molecule has 0 spiro atoms. The minimum atomic E-state index is -0.469. The summed E-state index contributed by atoms with van der Waals surface area (Å²) in [6, 6.07) is 8.07. The zero-order valence-electron chi connectivity index (χ0n) is 10.9. The number of nitrogens with zero attached hydrogens (tertiary/aromatic N) is 1. The summed E-state index contributed by atoms with van der Waals surface area (Å²) in [6.45, 7) is 0.525. The van der Waals surface area contributed by atoms with Crippen molar-refractivity contribution >= 4 is 5.78 Å². The molecule has 1 aromatic heterocycles. The monoisotopic (exact) mass is 271 g/mol. The van der Waals surface area contributed by atoms with Gasteiger partial charge in [-0.15, -0.1) is 0 Å². The number of aryl methyl sites for hydroxylation is 1. The third-order valence-corrected chi connectivity index (χ3v) is 3.37. The maximum absolute atomic E-state index is 14.1. The number of halogens is 1. The van der Waals surface area contributed by atoms with Crippen LogP contribution in [-0.2, 0) is 6.42 Å². The lowest BCUT2D eigenvalue weighted by Crippen LogP contribution is -2.06. The molecule has 0 aliphatic carbocycles. The van der Waals surface area contributed by atoms with E-state index in [4.69, 9.17) is 4.74 Å². The van der Waals surface area contributed by atoms with Gasteiger partial charge in [0.2, 0.25) is 5.78 Å². The number of pyridine rings is 1. The molecule has 3 nitrogen and oxygen atoms in total. The van der Waals surface area contributed by atoms with E-state index in [-0.39, 0.29) is 5.78 Å². The van der Waals surface area contributed by atoms with Crippen LogP contribution in [0.3, 0.4) is 0 Å². The van der Waals surface area contributed by atoms with Crippen molar-refractivity contribution in [2.45, 2.75) is 19.3 Å². The largest absolute Gasteiger partial charge is 0.490 e. The number of hydrogen-bond acceptors (Lipinski definition) is 3. The number of hydrogen-bond donors (Lipinski definition) is 0. The van der Waals surface area contributed by atoms with Gasteiger partial charge in [0, 0.05) is 11.8 Å².